The number of amides is 1. The average molecular weight is 460 g/mol. The number of nitro benzene ring substituents is 1. The molecule has 0 aromatic heterocycles. The number of rotatable bonds is 7. The fourth-order valence-electron chi connectivity index (χ4n) is 2.39. The van der Waals surface area contributed by atoms with Crippen LogP contribution in [0.2, 0.25) is 5.02 Å². The van der Waals surface area contributed by atoms with Crippen LogP contribution in [0.25, 0.3) is 0 Å². The molecule has 9 nitrogen and oxygen atoms in total. The van der Waals surface area contributed by atoms with Gasteiger partial charge in [-0.1, -0.05) is 23.7 Å². The van der Waals surface area contributed by atoms with Crippen molar-refractivity contribution in [2.75, 3.05) is 0 Å². The molecule has 0 aliphatic rings. The van der Waals surface area contributed by atoms with Crippen LogP contribution in [0.1, 0.15) is 15.9 Å². The van der Waals surface area contributed by atoms with Crippen LogP contribution < -0.4 is 9.61 Å². The Bertz CT molecular complexity index is 1240. The second kappa shape index (κ2) is 9.37. The molecule has 0 atom stereocenters. The predicted molar refractivity (Wildman–Crippen MR) is 114 cm³/mol. The van der Waals surface area contributed by atoms with Gasteiger partial charge < -0.3 is 4.18 Å². The van der Waals surface area contributed by atoms with Crippen molar-refractivity contribution in [3.63, 3.8) is 0 Å². The molecule has 0 unspecified atom stereocenters. The van der Waals surface area contributed by atoms with E-state index in [4.69, 9.17) is 15.8 Å². The number of carbonyl (C=O) groups excluding carboxylic acids is 1. The highest BCUT2D eigenvalue weighted by Gasteiger charge is 2.18. The zero-order chi connectivity index (χ0) is 22.4. The minimum Gasteiger partial charge on any atom is -0.379 e. The minimum absolute atomic E-state index is 0.00586. The highest BCUT2D eigenvalue weighted by Crippen LogP contribution is 2.21. The number of nitro groups is 1. The van der Waals surface area contributed by atoms with Gasteiger partial charge in [0, 0.05) is 22.7 Å². The van der Waals surface area contributed by atoms with Gasteiger partial charge in [0.1, 0.15) is 10.6 Å². The molecule has 3 aromatic rings. The van der Waals surface area contributed by atoms with Crippen LogP contribution in [0.4, 0.5) is 5.69 Å². The topological polar surface area (TPSA) is 128 Å². The summed E-state index contributed by atoms with van der Waals surface area (Å²) in [5.41, 5.74) is 2.94. The van der Waals surface area contributed by atoms with Crippen molar-refractivity contribution in [3.8, 4) is 5.75 Å². The molecule has 1 N–H and O–H groups in total. The van der Waals surface area contributed by atoms with Crippen LogP contribution >= 0.6 is 11.6 Å². The van der Waals surface area contributed by atoms with Gasteiger partial charge in [0.2, 0.25) is 0 Å². The van der Waals surface area contributed by atoms with E-state index in [1.807, 2.05) is 0 Å². The maximum Gasteiger partial charge on any atom is 0.339 e. The van der Waals surface area contributed by atoms with E-state index in [1.165, 1.54) is 18.3 Å². The maximum absolute atomic E-state index is 12.4. The van der Waals surface area contributed by atoms with Gasteiger partial charge in [-0.05, 0) is 54.1 Å². The van der Waals surface area contributed by atoms with Gasteiger partial charge in [-0.15, -0.1) is 0 Å². The second-order valence-corrected chi connectivity index (χ2v) is 8.05. The van der Waals surface area contributed by atoms with Crippen LogP contribution in [-0.2, 0) is 10.1 Å². The molecule has 3 rings (SSSR count). The van der Waals surface area contributed by atoms with E-state index < -0.39 is 20.9 Å². The fourth-order valence-corrected chi connectivity index (χ4v) is 3.44. The highest BCUT2D eigenvalue weighted by molar-refractivity contribution is 7.87. The van der Waals surface area contributed by atoms with Gasteiger partial charge in [0.05, 0.1) is 11.1 Å². The van der Waals surface area contributed by atoms with E-state index in [1.54, 1.807) is 36.4 Å². The maximum atomic E-state index is 12.4. The molecule has 0 saturated heterocycles. The summed E-state index contributed by atoms with van der Waals surface area (Å²) >= 11 is 5.78. The lowest BCUT2D eigenvalue weighted by Crippen LogP contribution is -2.17. The van der Waals surface area contributed by atoms with Gasteiger partial charge in [0.25, 0.3) is 11.6 Å². The van der Waals surface area contributed by atoms with Crippen LogP contribution in [0.5, 0.6) is 5.75 Å². The number of non-ortho nitro benzene ring substituents is 1. The molecule has 0 spiro atoms. The minimum atomic E-state index is -4.19. The van der Waals surface area contributed by atoms with Gasteiger partial charge in [0.15, 0.2) is 0 Å². The van der Waals surface area contributed by atoms with Gasteiger partial charge in [-0.2, -0.15) is 13.5 Å². The number of halogens is 1. The lowest BCUT2D eigenvalue weighted by atomic mass is 10.2. The molecular weight excluding hydrogens is 446 g/mol. The fraction of sp³-hybridized carbons (Fsp3) is 0. The lowest BCUT2D eigenvalue weighted by Gasteiger charge is -2.07. The third kappa shape index (κ3) is 5.87. The molecule has 0 radical (unpaired) electrons. The first-order valence-electron chi connectivity index (χ1n) is 8.62. The van der Waals surface area contributed by atoms with E-state index in [-0.39, 0.29) is 16.3 Å². The van der Waals surface area contributed by atoms with E-state index in [2.05, 4.69) is 10.5 Å². The van der Waals surface area contributed by atoms with Crippen LogP contribution in [0.3, 0.4) is 0 Å². The number of nitrogens with one attached hydrogen (secondary N) is 1. The first-order chi connectivity index (χ1) is 14.7. The SMILES string of the molecule is O=C(N/N=C\c1cccc(OS(=O)(=O)c2ccc([N+](=O)[O-])cc2)c1)c1ccc(Cl)cc1. The van der Waals surface area contributed by atoms with E-state index in [0.717, 1.165) is 24.3 Å². The normalized spacial score (nSPS) is 11.3. The Morgan fingerprint density at radius 3 is 2.39 bits per heavy atom. The summed E-state index contributed by atoms with van der Waals surface area (Å²) in [5, 5.41) is 15.0. The summed E-state index contributed by atoms with van der Waals surface area (Å²) in [5.74, 6) is -0.438. The molecule has 3 aromatic carbocycles. The van der Waals surface area contributed by atoms with Gasteiger partial charge in [-0.25, -0.2) is 5.43 Å². The monoisotopic (exact) mass is 459 g/mol. The Morgan fingerprint density at radius 1 is 1.06 bits per heavy atom. The van der Waals surface area contributed by atoms with Crippen molar-refractivity contribution in [1.29, 1.82) is 0 Å². The van der Waals surface area contributed by atoms with Gasteiger partial charge in [-0.3, -0.25) is 14.9 Å². The van der Waals surface area contributed by atoms with Crippen molar-refractivity contribution in [1.82, 2.24) is 5.43 Å². The summed E-state index contributed by atoms with van der Waals surface area (Å²) in [6.45, 7) is 0. The first-order valence-corrected chi connectivity index (χ1v) is 10.4. The zero-order valence-corrected chi connectivity index (χ0v) is 17.2. The number of benzene rings is 3. The predicted octanol–water partition coefficient (Wildman–Crippen LogP) is 3.78. The molecule has 0 fully saturated rings. The molecule has 0 bridgehead atoms. The summed E-state index contributed by atoms with van der Waals surface area (Å²) in [4.78, 5) is 21.8. The number of hydrazone groups is 1. The Hall–Kier alpha value is -3.76. The molecule has 158 valence electrons. The number of carbonyl (C=O) groups is 1. The molecule has 0 heterocycles. The van der Waals surface area contributed by atoms with Crippen molar-refractivity contribution < 1.29 is 22.3 Å². The number of hydrogen-bond acceptors (Lipinski definition) is 7. The largest absolute Gasteiger partial charge is 0.379 e. The first kappa shape index (κ1) is 21.9. The molecule has 1 amide bonds. The van der Waals surface area contributed by atoms with Crippen molar-refractivity contribution in [3.05, 3.63) is 99.1 Å². The third-order valence-electron chi connectivity index (χ3n) is 3.89. The second-order valence-electron chi connectivity index (χ2n) is 6.07. The molecular formula is C20H14ClN3O6S. The Kier molecular flexibility index (Phi) is 6.63. The summed E-state index contributed by atoms with van der Waals surface area (Å²) < 4.78 is 29.8. The summed E-state index contributed by atoms with van der Waals surface area (Å²) in [6.07, 6.45) is 1.32. The Morgan fingerprint density at radius 2 is 1.74 bits per heavy atom. The van der Waals surface area contributed by atoms with Crippen molar-refractivity contribution in [2.45, 2.75) is 4.90 Å². The zero-order valence-electron chi connectivity index (χ0n) is 15.6. The van der Waals surface area contributed by atoms with E-state index >= 15 is 0 Å². The Balaban J connectivity index is 1.68. The standard InChI is InChI=1S/C20H14ClN3O6S/c21-16-6-4-15(5-7-16)20(25)23-22-13-14-2-1-3-18(12-14)30-31(28,29)19-10-8-17(9-11-19)24(26)27/h1-13H,(H,23,25)/b22-13-. The molecule has 11 heteroatoms. The quantitative estimate of drug-likeness (QED) is 0.248. The third-order valence-corrected chi connectivity index (χ3v) is 5.40. The molecule has 31 heavy (non-hydrogen) atoms. The summed E-state index contributed by atoms with van der Waals surface area (Å²) in [6, 6.07) is 16.6. The van der Waals surface area contributed by atoms with E-state index in [9.17, 15) is 23.3 Å². The van der Waals surface area contributed by atoms with Gasteiger partial charge >= 0.3 is 10.1 Å². The number of hydrogen-bond donors (Lipinski definition) is 1. The van der Waals surface area contributed by atoms with Crippen molar-refractivity contribution in [2.24, 2.45) is 5.10 Å². The Labute approximate surface area is 182 Å². The molecule has 0 aliphatic carbocycles. The average Bonchev–Trinajstić information content (AvgIpc) is 2.74. The van der Waals surface area contributed by atoms with E-state index in [0.29, 0.717) is 16.1 Å². The number of nitrogens with zero attached hydrogens (tertiary/aromatic N) is 2. The van der Waals surface area contributed by atoms with Crippen LogP contribution in [0, 0.1) is 10.1 Å². The highest BCUT2D eigenvalue weighted by atomic mass is 35.5. The molecule has 0 aliphatic heterocycles. The lowest BCUT2D eigenvalue weighted by molar-refractivity contribution is -0.384. The smallest absolute Gasteiger partial charge is 0.339 e. The van der Waals surface area contributed by atoms with Crippen molar-refractivity contribution >= 4 is 39.5 Å². The summed E-state index contributed by atoms with van der Waals surface area (Å²) in [7, 11) is -4.19. The van der Waals surface area contributed by atoms with Crippen LogP contribution in [0.15, 0.2) is 82.8 Å². The van der Waals surface area contributed by atoms with Crippen LogP contribution in [-0.4, -0.2) is 25.5 Å². The molecule has 0 saturated carbocycles.